The van der Waals surface area contributed by atoms with E-state index in [1.165, 1.54) is 0 Å². The molecule has 1 aliphatic heterocycles. The van der Waals surface area contributed by atoms with Crippen molar-refractivity contribution in [3.63, 3.8) is 0 Å². The number of primary amides is 1. The van der Waals surface area contributed by atoms with Crippen LogP contribution in [-0.4, -0.2) is 41.5 Å². The number of urea groups is 1. The van der Waals surface area contributed by atoms with Crippen LogP contribution in [0.15, 0.2) is 28.7 Å². The smallest absolute Gasteiger partial charge is 0.318 e. The van der Waals surface area contributed by atoms with Gasteiger partial charge in [0.1, 0.15) is 5.52 Å². The molecule has 1 aromatic carbocycles. The number of nitrogens with one attached hydrogen (secondary N) is 1. The highest BCUT2D eigenvalue weighted by molar-refractivity contribution is 5.93. The highest BCUT2D eigenvalue weighted by atomic mass is 16.3. The van der Waals surface area contributed by atoms with E-state index in [0.29, 0.717) is 6.54 Å². The fourth-order valence-electron chi connectivity index (χ4n) is 2.98. The summed E-state index contributed by atoms with van der Waals surface area (Å²) in [5, 5.41) is 2.09. The predicted octanol–water partition coefficient (Wildman–Crippen LogP) is 1.59. The Hall–Kier alpha value is -2.41. The van der Waals surface area contributed by atoms with E-state index in [1.54, 1.807) is 0 Å². The molecule has 23 heavy (non-hydrogen) atoms. The van der Waals surface area contributed by atoms with Crippen LogP contribution in [0.5, 0.6) is 0 Å². The average molecular weight is 316 g/mol. The number of hydrogen-bond donors (Lipinski definition) is 2. The van der Waals surface area contributed by atoms with E-state index in [2.05, 4.69) is 15.2 Å². The minimum atomic E-state index is -0.807. The van der Waals surface area contributed by atoms with Gasteiger partial charge in [-0.3, -0.25) is 10.1 Å². The van der Waals surface area contributed by atoms with Gasteiger partial charge in [0.25, 0.3) is 0 Å². The van der Waals surface area contributed by atoms with Crippen molar-refractivity contribution in [2.45, 2.75) is 25.2 Å². The SMILES string of the molecule is NC(=O)NC(=O)CCN1CCCC(c2nc3ccccc3o2)C1. The molecule has 2 aromatic rings. The van der Waals surface area contributed by atoms with Crippen LogP contribution in [0.4, 0.5) is 4.79 Å². The first-order valence-electron chi connectivity index (χ1n) is 7.79. The molecule has 2 heterocycles. The van der Waals surface area contributed by atoms with Crippen molar-refractivity contribution in [3.05, 3.63) is 30.2 Å². The number of aromatic nitrogens is 1. The van der Waals surface area contributed by atoms with Crippen LogP contribution in [0.25, 0.3) is 11.1 Å². The van der Waals surface area contributed by atoms with E-state index in [0.717, 1.165) is 42.9 Å². The minimum Gasteiger partial charge on any atom is -0.440 e. The number of para-hydroxylation sites is 2. The number of nitrogens with two attached hydrogens (primary N) is 1. The normalized spacial score (nSPS) is 18.9. The van der Waals surface area contributed by atoms with Gasteiger partial charge in [0, 0.05) is 25.4 Å². The number of benzene rings is 1. The van der Waals surface area contributed by atoms with Gasteiger partial charge in [-0.1, -0.05) is 12.1 Å². The maximum absolute atomic E-state index is 11.5. The molecule has 1 aliphatic rings. The van der Waals surface area contributed by atoms with Crippen molar-refractivity contribution in [3.8, 4) is 0 Å². The second-order valence-electron chi connectivity index (χ2n) is 5.82. The third-order valence-electron chi connectivity index (χ3n) is 4.08. The molecule has 0 aliphatic carbocycles. The number of oxazole rings is 1. The molecule has 3 N–H and O–H groups in total. The number of carbonyl (C=O) groups is 2. The summed E-state index contributed by atoms with van der Waals surface area (Å²) in [5.74, 6) is 0.648. The second kappa shape index (κ2) is 6.78. The van der Waals surface area contributed by atoms with E-state index in [4.69, 9.17) is 10.2 Å². The number of amides is 3. The molecule has 1 fully saturated rings. The Bertz CT molecular complexity index is 679. The van der Waals surface area contributed by atoms with Crippen LogP contribution >= 0.6 is 0 Å². The van der Waals surface area contributed by atoms with Crippen LogP contribution < -0.4 is 11.1 Å². The lowest BCUT2D eigenvalue weighted by Gasteiger charge is -2.30. The third kappa shape index (κ3) is 3.87. The van der Waals surface area contributed by atoms with E-state index in [9.17, 15) is 9.59 Å². The topological polar surface area (TPSA) is 101 Å². The third-order valence-corrected chi connectivity index (χ3v) is 4.08. The van der Waals surface area contributed by atoms with Crippen LogP contribution in [0, 0.1) is 0 Å². The molecule has 0 saturated carbocycles. The zero-order valence-corrected chi connectivity index (χ0v) is 12.8. The molecule has 0 radical (unpaired) electrons. The van der Waals surface area contributed by atoms with Gasteiger partial charge in [0.15, 0.2) is 11.5 Å². The van der Waals surface area contributed by atoms with E-state index in [-0.39, 0.29) is 18.2 Å². The highest BCUT2D eigenvalue weighted by Crippen LogP contribution is 2.28. The monoisotopic (exact) mass is 316 g/mol. The van der Waals surface area contributed by atoms with Gasteiger partial charge >= 0.3 is 6.03 Å². The Balaban J connectivity index is 1.59. The molecule has 1 aromatic heterocycles. The zero-order valence-electron chi connectivity index (χ0n) is 12.8. The number of piperidine rings is 1. The molecule has 3 amide bonds. The van der Waals surface area contributed by atoms with Gasteiger partial charge < -0.3 is 15.1 Å². The lowest BCUT2D eigenvalue weighted by atomic mass is 9.98. The number of likely N-dealkylation sites (tertiary alicyclic amines) is 1. The molecule has 7 nitrogen and oxygen atoms in total. The van der Waals surface area contributed by atoms with E-state index in [1.807, 2.05) is 24.3 Å². The maximum Gasteiger partial charge on any atom is 0.318 e. The molecule has 1 unspecified atom stereocenters. The minimum absolute atomic E-state index is 0.232. The summed E-state index contributed by atoms with van der Waals surface area (Å²) in [4.78, 5) is 28.9. The Morgan fingerprint density at radius 3 is 3.00 bits per heavy atom. The Labute approximate surface area is 133 Å². The lowest BCUT2D eigenvalue weighted by Crippen LogP contribution is -2.40. The van der Waals surface area contributed by atoms with Crippen LogP contribution in [0.1, 0.15) is 31.1 Å². The number of carbonyl (C=O) groups excluding carboxylic acids is 2. The largest absolute Gasteiger partial charge is 0.440 e. The summed E-state index contributed by atoms with van der Waals surface area (Å²) in [6, 6.07) is 6.93. The van der Waals surface area contributed by atoms with Gasteiger partial charge in [-0.2, -0.15) is 0 Å². The van der Waals surface area contributed by atoms with Gasteiger partial charge in [-0.15, -0.1) is 0 Å². The summed E-state index contributed by atoms with van der Waals surface area (Å²) in [5.41, 5.74) is 6.61. The molecule has 0 bridgehead atoms. The van der Waals surface area contributed by atoms with Crippen molar-refractivity contribution >= 4 is 23.0 Å². The Morgan fingerprint density at radius 1 is 1.39 bits per heavy atom. The van der Waals surface area contributed by atoms with Crippen molar-refractivity contribution in [1.82, 2.24) is 15.2 Å². The zero-order chi connectivity index (χ0) is 16.2. The van der Waals surface area contributed by atoms with E-state index < -0.39 is 6.03 Å². The first kappa shape index (κ1) is 15.5. The van der Waals surface area contributed by atoms with Gasteiger partial charge in [-0.05, 0) is 31.5 Å². The predicted molar refractivity (Wildman–Crippen MR) is 84.8 cm³/mol. The average Bonchev–Trinajstić information content (AvgIpc) is 2.97. The summed E-state index contributed by atoms with van der Waals surface area (Å²) in [6.07, 6.45) is 2.31. The van der Waals surface area contributed by atoms with Gasteiger partial charge in [0.2, 0.25) is 5.91 Å². The summed E-state index contributed by atoms with van der Waals surface area (Å²) in [7, 11) is 0. The van der Waals surface area contributed by atoms with Crippen molar-refractivity contribution in [2.75, 3.05) is 19.6 Å². The molecule has 1 saturated heterocycles. The molecule has 3 rings (SSSR count). The van der Waals surface area contributed by atoms with Crippen molar-refractivity contribution in [1.29, 1.82) is 0 Å². The number of imide groups is 1. The quantitative estimate of drug-likeness (QED) is 0.892. The van der Waals surface area contributed by atoms with Crippen LogP contribution in [-0.2, 0) is 4.79 Å². The number of fused-ring (bicyclic) bond motifs is 1. The fourth-order valence-corrected chi connectivity index (χ4v) is 2.98. The van der Waals surface area contributed by atoms with E-state index >= 15 is 0 Å². The standard InChI is InChI=1S/C16H20N4O3/c17-16(22)19-14(21)7-9-20-8-3-4-11(10-20)15-18-12-5-1-2-6-13(12)23-15/h1-2,5-6,11H,3-4,7-10H2,(H3,17,19,21,22). The molecular weight excluding hydrogens is 296 g/mol. The Morgan fingerprint density at radius 2 is 2.22 bits per heavy atom. The number of nitrogens with zero attached hydrogens (tertiary/aromatic N) is 2. The van der Waals surface area contributed by atoms with Crippen molar-refractivity contribution in [2.24, 2.45) is 5.73 Å². The van der Waals surface area contributed by atoms with Crippen LogP contribution in [0.2, 0.25) is 0 Å². The number of hydrogen-bond acceptors (Lipinski definition) is 5. The molecule has 1 atom stereocenters. The number of rotatable bonds is 4. The summed E-state index contributed by atoms with van der Waals surface area (Å²) < 4.78 is 5.86. The maximum atomic E-state index is 11.5. The molecule has 7 heteroatoms. The lowest BCUT2D eigenvalue weighted by molar-refractivity contribution is -0.120. The van der Waals surface area contributed by atoms with Gasteiger partial charge in [0.05, 0.1) is 0 Å². The first-order chi connectivity index (χ1) is 11.1. The molecule has 0 spiro atoms. The summed E-state index contributed by atoms with van der Waals surface area (Å²) >= 11 is 0. The first-order valence-corrected chi connectivity index (χ1v) is 7.79. The Kier molecular flexibility index (Phi) is 4.57. The summed E-state index contributed by atoms with van der Waals surface area (Å²) in [6.45, 7) is 2.33. The van der Waals surface area contributed by atoms with Crippen LogP contribution in [0.3, 0.4) is 0 Å². The molecular formula is C16H20N4O3. The van der Waals surface area contributed by atoms with Gasteiger partial charge in [-0.25, -0.2) is 9.78 Å². The van der Waals surface area contributed by atoms with Crippen molar-refractivity contribution < 1.29 is 14.0 Å². The highest BCUT2D eigenvalue weighted by Gasteiger charge is 2.25. The fraction of sp³-hybridized carbons (Fsp3) is 0.438. The second-order valence-corrected chi connectivity index (χ2v) is 5.82. The molecule has 122 valence electrons.